The van der Waals surface area contributed by atoms with Gasteiger partial charge in [0.2, 0.25) is 0 Å². The number of amides is 1. The number of rotatable bonds is 4. The molecule has 0 bridgehead atoms. The van der Waals surface area contributed by atoms with Crippen molar-refractivity contribution in [2.45, 2.75) is 19.8 Å². The van der Waals surface area contributed by atoms with Crippen LogP contribution in [0.5, 0.6) is 5.75 Å². The average Bonchev–Trinajstić information content (AvgIpc) is 2.48. The summed E-state index contributed by atoms with van der Waals surface area (Å²) in [5.74, 6) is -0.632. The first kappa shape index (κ1) is 16.7. The molecule has 0 spiro atoms. The van der Waals surface area contributed by atoms with Crippen molar-refractivity contribution < 1.29 is 22.7 Å². The molecule has 0 unspecified atom stereocenters. The van der Waals surface area contributed by atoms with Gasteiger partial charge in [0.05, 0.1) is 11.9 Å². The maximum atomic E-state index is 12.2. The molecule has 0 aliphatic heterocycles. The van der Waals surface area contributed by atoms with E-state index in [0.29, 0.717) is 11.3 Å². The Morgan fingerprint density at radius 1 is 1.17 bits per heavy atom. The summed E-state index contributed by atoms with van der Waals surface area (Å²) in [5, 5.41) is 0. The Balaban J connectivity index is 2.01. The van der Waals surface area contributed by atoms with Crippen molar-refractivity contribution in [3.63, 3.8) is 0 Å². The lowest BCUT2D eigenvalue weighted by atomic mass is 10.2. The number of benzene rings is 1. The Kier molecular flexibility index (Phi) is 4.83. The molecule has 0 atom stereocenters. The molecular weight excluding hydrogens is 311 g/mol. The van der Waals surface area contributed by atoms with Gasteiger partial charge in [-0.2, -0.15) is 0 Å². The van der Waals surface area contributed by atoms with Crippen LogP contribution in [0.3, 0.4) is 0 Å². The second-order valence-corrected chi connectivity index (χ2v) is 4.90. The topological polar surface area (TPSA) is 55.3 Å². The number of nitrogens with zero attached hydrogens (tertiary/aromatic N) is 3. The first-order chi connectivity index (χ1) is 10.7. The van der Waals surface area contributed by atoms with E-state index < -0.39 is 6.36 Å². The van der Waals surface area contributed by atoms with E-state index >= 15 is 0 Å². The zero-order chi connectivity index (χ0) is 17.0. The van der Waals surface area contributed by atoms with Crippen LogP contribution in [0.2, 0.25) is 0 Å². The molecule has 23 heavy (non-hydrogen) atoms. The van der Waals surface area contributed by atoms with Crippen LogP contribution in [0.25, 0.3) is 0 Å². The van der Waals surface area contributed by atoms with Gasteiger partial charge in [0.1, 0.15) is 11.4 Å². The van der Waals surface area contributed by atoms with Gasteiger partial charge in [-0.15, -0.1) is 13.2 Å². The van der Waals surface area contributed by atoms with E-state index in [2.05, 4.69) is 14.7 Å². The monoisotopic (exact) mass is 325 g/mol. The molecule has 2 rings (SSSR count). The van der Waals surface area contributed by atoms with Gasteiger partial charge >= 0.3 is 6.36 Å². The standard InChI is InChI=1S/C15H14F3N3O2/c1-10-7-20-13(8-19-10)14(22)21(2)9-11-3-5-12(6-4-11)23-15(16,17)18/h3-8H,9H2,1-2H3. The lowest BCUT2D eigenvalue weighted by Crippen LogP contribution is -2.27. The van der Waals surface area contributed by atoms with Gasteiger partial charge in [0.15, 0.2) is 0 Å². The number of halogens is 3. The third kappa shape index (κ3) is 4.94. The molecule has 1 aromatic heterocycles. The Hall–Kier alpha value is -2.64. The van der Waals surface area contributed by atoms with Crippen molar-refractivity contribution in [2.75, 3.05) is 7.05 Å². The number of alkyl halides is 3. The van der Waals surface area contributed by atoms with Gasteiger partial charge in [-0.25, -0.2) is 4.98 Å². The highest BCUT2D eigenvalue weighted by Crippen LogP contribution is 2.23. The first-order valence-electron chi connectivity index (χ1n) is 6.63. The second kappa shape index (κ2) is 6.64. The van der Waals surface area contributed by atoms with Crippen LogP contribution >= 0.6 is 0 Å². The Labute approximate surface area is 130 Å². The molecule has 122 valence electrons. The lowest BCUT2D eigenvalue weighted by Gasteiger charge is -2.17. The largest absolute Gasteiger partial charge is 0.573 e. The van der Waals surface area contributed by atoms with E-state index in [4.69, 9.17) is 0 Å². The quantitative estimate of drug-likeness (QED) is 0.867. The fourth-order valence-corrected chi connectivity index (χ4v) is 1.84. The average molecular weight is 325 g/mol. The summed E-state index contributed by atoms with van der Waals surface area (Å²) in [6, 6.07) is 5.33. The van der Waals surface area contributed by atoms with Gasteiger partial charge in [-0.1, -0.05) is 12.1 Å². The van der Waals surface area contributed by atoms with Crippen LogP contribution in [0, 0.1) is 6.92 Å². The Morgan fingerprint density at radius 3 is 2.35 bits per heavy atom. The molecule has 0 N–H and O–H groups in total. The summed E-state index contributed by atoms with van der Waals surface area (Å²) in [6.45, 7) is 1.98. The van der Waals surface area contributed by atoms with Crippen molar-refractivity contribution in [1.29, 1.82) is 0 Å². The minimum absolute atomic E-state index is 0.204. The Bertz CT molecular complexity index is 670. The summed E-state index contributed by atoms with van der Waals surface area (Å²) >= 11 is 0. The number of aromatic nitrogens is 2. The fourth-order valence-electron chi connectivity index (χ4n) is 1.84. The molecule has 5 nitrogen and oxygen atoms in total. The van der Waals surface area contributed by atoms with E-state index in [1.165, 1.54) is 41.6 Å². The highest BCUT2D eigenvalue weighted by molar-refractivity contribution is 5.91. The molecule has 0 saturated heterocycles. The summed E-state index contributed by atoms with van der Waals surface area (Å²) in [6.07, 6.45) is -1.85. The van der Waals surface area contributed by atoms with E-state index in [1.807, 2.05) is 0 Å². The smallest absolute Gasteiger partial charge is 0.406 e. The maximum absolute atomic E-state index is 12.2. The molecule has 1 heterocycles. The first-order valence-corrected chi connectivity index (χ1v) is 6.63. The summed E-state index contributed by atoms with van der Waals surface area (Å²) < 4.78 is 40.0. The van der Waals surface area contributed by atoms with Crippen LogP contribution < -0.4 is 4.74 Å². The predicted molar refractivity (Wildman–Crippen MR) is 75.7 cm³/mol. The molecule has 0 aliphatic rings. The third-order valence-corrected chi connectivity index (χ3v) is 2.92. The molecule has 1 amide bonds. The van der Waals surface area contributed by atoms with Gasteiger partial charge in [-0.3, -0.25) is 9.78 Å². The third-order valence-electron chi connectivity index (χ3n) is 2.92. The highest BCUT2D eigenvalue weighted by atomic mass is 19.4. The Morgan fingerprint density at radius 2 is 1.83 bits per heavy atom. The lowest BCUT2D eigenvalue weighted by molar-refractivity contribution is -0.274. The fraction of sp³-hybridized carbons (Fsp3) is 0.267. The summed E-state index contributed by atoms with van der Waals surface area (Å²) in [5.41, 5.74) is 1.56. The SMILES string of the molecule is Cc1cnc(C(=O)N(C)Cc2ccc(OC(F)(F)F)cc2)cn1. The highest BCUT2D eigenvalue weighted by Gasteiger charge is 2.30. The van der Waals surface area contributed by atoms with Crippen LogP contribution in [0.4, 0.5) is 13.2 Å². The second-order valence-electron chi connectivity index (χ2n) is 4.90. The zero-order valence-corrected chi connectivity index (χ0v) is 12.5. The van der Waals surface area contributed by atoms with Gasteiger partial charge in [-0.05, 0) is 24.6 Å². The van der Waals surface area contributed by atoms with Crippen LogP contribution in [-0.2, 0) is 6.54 Å². The van der Waals surface area contributed by atoms with Crippen molar-refractivity contribution in [3.05, 3.63) is 53.6 Å². The predicted octanol–water partition coefficient (Wildman–Crippen LogP) is 2.96. The molecule has 8 heteroatoms. The molecule has 1 aromatic carbocycles. The van der Waals surface area contributed by atoms with E-state index in [-0.39, 0.29) is 23.9 Å². The summed E-state index contributed by atoms with van der Waals surface area (Å²) in [7, 11) is 1.57. The van der Waals surface area contributed by atoms with Crippen molar-refractivity contribution in [2.24, 2.45) is 0 Å². The molecule has 2 aromatic rings. The number of ether oxygens (including phenoxy) is 1. The van der Waals surface area contributed by atoms with Crippen LogP contribution in [0.1, 0.15) is 21.7 Å². The van der Waals surface area contributed by atoms with E-state index in [0.717, 1.165) is 0 Å². The number of hydrogen-bond donors (Lipinski definition) is 0. The maximum Gasteiger partial charge on any atom is 0.573 e. The summed E-state index contributed by atoms with van der Waals surface area (Å²) in [4.78, 5) is 21.6. The zero-order valence-electron chi connectivity index (χ0n) is 12.5. The van der Waals surface area contributed by atoms with Gasteiger partial charge in [0, 0.05) is 19.8 Å². The number of aryl methyl sites for hydroxylation is 1. The van der Waals surface area contributed by atoms with E-state index in [9.17, 15) is 18.0 Å². The molecule has 0 aliphatic carbocycles. The van der Waals surface area contributed by atoms with Crippen molar-refractivity contribution >= 4 is 5.91 Å². The van der Waals surface area contributed by atoms with E-state index in [1.54, 1.807) is 14.0 Å². The molecule has 0 radical (unpaired) electrons. The molecule has 0 saturated carbocycles. The minimum Gasteiger partial charge on any atom is -0.406 e. The normalized spacial score (nSPS) is 11.2. The number of carbonyl (C=O) groups excluding carboxylic acids is 1. The molecular formula is C15H14F3N3O2. The van der Waals surface area contributed by atoms with Gasteiger partial charge in [0.25, 0.3) is 5.91 Å². The van der Waals surface area contributed by atoms with Gasteiger partial charge < -0.3 is 9.64 Å². The van der Waals surface area contributed by atoms with Crippen LogP contribution in [-0.4, -0.2) is 34.2 Å². The van der Waals surface area contributed by atoms with Crippen molar-refractivity contribution in [1.82, 2.24) is 14.9 Å². The van der Waals surface area contributed by atoms with Crippen LogP contribution in [0.15, 0.2) is 36.7 Å². The molecule has 0 fully saturated rings. The minimum atomic E-state index is -4.72. The number of hydrogen-bond acceptors (Lipinski definition) is 4. The number of carbonyl (C=O) groups is 1. The van der Waals surface area contributed by atoms with Crippen molar-refractivity contribution in [3.8, 4) is 5.75 Å².